The van der Waals surface area contributed by atoms with Crippen molar-refractivity contribution in [3.63, 3.8) is 0 Å². The van der Waals surface area contributed by atoms with Crippen molar-refractivity contribution in [2.45, 2.75) is 85.2 Å². The summed E-state index contributed by atoms with van der Waals surface area (Å²) >= 11 is 0. The van der Waals surface area contributed by atoms with Crippen LogP contribution in [-0.2, 0) is 0 Å². The molecule has 2 nitrogen and oxygen atoms in total. The van der Waals surface area contributed by atoms with E-state index in [9.17, 15) is 0 Å². The van der Waals surface area contributed by atoms with Gasteiger partial charge < -0.3 is 5.32 Å². The van der Waals surface area contributed by atoms with Crippen LogP contribution in [0.5, 0.6) is 0 Å². The van der Waals surface area contributed by atoms with Crippen molar-refractivity contribution in [2.75, 3.05) is 19.6 Å². The lowest BCUT2D eigenvalue weighted by Crippen LogP contribution is -2.39. The Kier molecular flexibility index (Phi) is 11.9. The van der Waals surface area contributed by atoms with E-state index >= 15 is 0 Å². The van der Waals surface area contributed by atoms with Gasteiger partial charge in [-0.3, -0.25) is 4.90 Å². The molecule has 110 valence electrons. The highest BCUT2D eigenvalue weighted by Crippen LogP contribution is 2.12. The van der Waals surface area contributed by atoms with Gasteiger partial charge >= 0.3 is 0 Å². The minimum Gasteiger partial charge on any atom is -0.317 e. The van der Waals surface area contributed by atoms with Gasteiger partial charge in [0.15, 0.2) is 0 Å². The molecule has 2 heteroatoms. The molecule has 1 unspecified atom stereocenters. The topological polar surface area (TPSA) is 15.3 Å². The Morgan fingerprint density at radius 2 is 1.61 bits per heavy atom. The lowest BCUT2D eigenvalue weighted by atomic mass is 10.1. The van der Waals surface area contributed by atoms with Crippen LogP contribution in [0.4, 0.5) is 0 Å². The third-order valence-corrected chi connectivity index (χ3v) is 3.65. The number of hydrogen-bond acceptors (Lipinski definition) is 2. The summed E-state index contributed by atoms with van der Waals surface area (Å²) in [7, 11) is 0. The van der Waals surface area contributed by atoms with Crippen molar-refractivity contribution in [3.8, 4) is 0 Å². The Labute approximate surface area is 116 Å². The summed E-state index contributed by atoms with van der Waals surface area (Å²) in [6, 6.07) is 1.41. The fraction of sp³-hybridized carbons (Fsp3) is 1.00. The summed E-state index contributed by atoms with van der Waals surface area (Å²) in [5.74, 6) is 0. The van der Waals surface area contributed by atoms with Crippen molar-refractivity contribution in [1.82, 2.24) is 10.2 Å². The van der Waals surface area contributed by atoms with Gasteiger partial charge in [0.05, 0.1) is 0 Å². The van der Waals surface area contributed by atoms with E-state index in [-0.39, 0.29) is 0 Å². The highest BCUT2D eigenvalue weighted by molar-refractivity contribution is 4.71. The van der Waals surface area contributed by atoms with Crippen LogP contribution >= 0.6 is 0 Å². The lowest BCUT2D eigenvalue weighted by Gasteiger charge is -2.33. The van der Waals surface area contributed by atoms with Crippen LogP contribution in [0.25, 0.3) is 0 Å². The molecule has 0 rings (SSSR count). The van der Waals surface area contributed by atoms with Gasteiger partial charge in [0.25, 0.3) is 0 Å². The zero-order valence-corrected chi connectivity index (χ0v) is 13.5. The smallest absolute Gasteiger partial charge is 0.00701 e. The molecule has 0 aliphatic heterocycles. The highest BCUT2D eigenvalue weighted by Gasteiger charge is 2.15. The van der Waals surface area contributed by atoms with Crippen molar-refractivity contribution in [3.05, 3.63) is 0 Å². The first-order valence-corrected chi connectivity index (χ1v) is 8.09. The third kappa shape index (κ3) is 8.93. The van der Waals surface area contributed by atoms with Gasteiger partial charge in [-0.2, -0.15) is 0 Å². The monoisotopic (exact) mass is 256 g/mol. The molecule has 0 saturated carbocycles. The predicted molar refractivity (Wildman–Crippen MR) is 83.2 cm³/mol. The van der Waals surface area contributed by atoms with Crippen molar-refractivity contribution < 1.29 is 0 Å². The van der Waals surface area contributed by atoms with E-state index in [0.29, 0.717) is 6.04 Å². The molecule has 0 aromatic rings. The third-order valence-electron chi connectivity index (χ3n) is 3.65. The van der Waals surface area contributed by atoms with Crippen LogP contribution < -0.4 is 5.32 Å². The number of nitrogens with zero attached hydrogens (tertiary/aromatic N) is 1. The molecule has 0 aromatic carbocycles. The van der Waals surface area contributed by atoms with Crippen molar-refractivity contribution in [2.24, 2.45) is 0 Å². The van der Waals surface area contributed by atoms with Gasteiger partial charge in [-0.15, -0.1) is 0 Å². The molecule has 0 aromatic heterocycles. The van der Waals surface area contributed by atoms with Crippen LogP contribution in [0.15, 0.2) is 0 Å². The molecule has 18 heavy (non-hydrogen) atoms. The quantitative estimate of drug-likeness (QED) is 0.530. The van der Waals surface area contributed by atoms with E-state index < -0.39 is 0 Å². The number of rotatable bonds is 12. The number of nitrogens with one attached hydrogen (secondary N) is 1. The molecular formula is C16H36N2. The van der Waals surface area contributed by atoms with E-state index in [1.165, 1.54) is 58.2 Å². The van der Waals surface area contributed by atoms with Gasteiger partial charge in [-0.05, 0) is 66.1 Å². The summed E-state index contributed by atoms with van der Waals surface area (Å²) in [5, 5.41) is 3.49. The van der Waals surface area contributed by atoms with Crippen LogP contribution in [0.1, 0.15) is 73.1 Å². The Balaban J connectivity index is 3.80. The second-order valence-electron chi connectivity index (χ2n) is 5.78. The van der Waals surface area contributed by atoms with Crippen LogP contribution in [0.3, 0.4) is 0 Å². The first kappa shape index (κ1) is 17.9. The lowest BCUT2D eigenvalue weighted by molar-refractivity contribution is 0.151. The molecule has 0 saturated heterocycles. The summed E-state index contributed by atoms with van der Waals surface area (Å²) in [4.78, 5) is 2.68. The maximum Gasteiger partial charge on any atom is 0.00701 e. The highest BCUT2D eigenvalue weighted by atomic mass is 15.2. The molecule has 0 heterocycles. The van der Waals surface area contributed by atoms with Crippen LogP contribution in [-0.4, -0.2) is 36.6 Å². The SMILES string of the molecule is CCCCCN(C(C)C)C(C)CCCNCCC. The van der Waals surface area contributed by atoms with Crippen LogP contribution in [0.2, 0.25) is 0 Å². The second kappa shape index (κ2) is 12.0. The van der Waals surface area contributed by atoms with Gasteiger partial charge in [-0.25, -0.2) is 0 Å². The van der Waals surface area contributed by atoms with E-state index in [0.717, 1.165) is 6.04 Å². The van der Waals surface area contributed by atoms with Crippen molar-refractivity contribution >= 4 is 0 Å². The first-order chi connectivity index (χ1) is 8.63. The van der Waals surface area contributed by atoms with E-state index in [1.807, 2.05) is 0 Å². The summed E-state index contributed by atoms with van der Waals surface area (Å²) in [6.45, 7) is 15.2. The van der Waals surface area contributed by atoms with E-state index in [4.69, 9.17) is 0 Å². The molecule has 0 aliphatic carbocycles. The van der Waals surface area contributed by atoms with E-state index in [1.54, 1.807) is 0 Å². The fourth-order valence-corrected chi connectivity index (χ4v) is 2.52. The minimum absolute atomic E-state index is 0.681. The maximum absolute atomic E-state index is 3.49. The molecule has 0 amide bonds. The number of unbranched alkanes of at least 4 members (excludes halogenated alkanes) is 2. The van der Waals surface area contributed by atoms with Gasteiger partial charge in [0.1, 0.15) is 0 Å². The predicted octanol–water partition coefficient (Wildman–Crippen LogP) is 4.06. The normalized spacial score (nSPS) is 13.5. The average Bonchev–Trinajstić information content (AvgIpc) is 2.33. The molecule has 0 spiro atoms. The number of hydrogen-bond donors (Lipinski definition) is 1. The van der Waals surface area contributed by atoms with E-state index in [2.05, 4.69) is 44.8 Å². The minimum atomic E-state index is 0.681. The molecule has 0 aliphatic rings. The molecule has 0 bridgehead atoms. The summed E-state index contributed by atoms with van der Waals surface area (Å²) < 4.78 is 0. The summed E-state index contributed by atoms with van der Waals surface area (Å²) in [6.07, 6.45) is 7.91. The Morgan fingerprint density at radius 3 is 2.17 bits per heavy atom. The van der Waals surface area contributed by atoms with Crippen LogP contribution in [0, 0.1) is 0 Å². The Morgan fingerprint density at radius 1 is 0.889 bits per heavy atom. The second-order valence-corrected chi connectivity index (χ2v) is 5.78. The van der Waals surface area contributed by atoms with Gasteiger partial charge in [-0.1, -0.05) is 26.7 Å². The molecule has 1 atom stereocenters. The van der Waals surface area contributed by atoms with Crippen molar-refractivity contribution in [1.29, 1.82) is 0 Å². The first-order valence-electron chi connectivity index (χ1n) is 8.09. The Hall–Kier alpha value is -0.0800. The maximum atomic E-state index is 3.49. The Bertz CT molecular complexity index is 168. The molecule has 0 fully saturated rings. The summed E-state index contributed by atoms with van der Waals surface area (Å²) in [5.41, 5.74) is 0. The zero-order valence-electron chi connectivity index (χ0n) is 13.5. The average molecular weight is 256 g/mol. The molecular weight excluding hydrogens is 220 g/mol. The standard InChI is InChI=1S/C16H36N2/c1-6-8-9-14-18(15(3)4)16(5)11-10-13-17-12-7-2/h15-17H,6-14H2,1-5H3. The molecule has 0 radical (unpaired) electrons. The zero-order chi connectivity index (χ0) is 13.8. The van der Waals surface area contributed by atoms with Gasteiger partial charge in [0, 0.05) is 12.1 Å². The largest absolute Gasteiger partial charge is 0.317 e. The molecule has 1 N–H and O–H groups in total. The fourth-order valence-electron chi connectivity index (χ4n) is 2.52. The van der Waals surface area contributed by atoms with Gasteiger partial charge in [0.2, 0.25) is 0 Å².